The smallest absolute Gasteiger partial charge is 0.163 e. The Labute approximate surface area is 177 Å². The van der Waals surface area contributed by atoms with Crippen molar-refractivity contribution < 1.29 is 43.7 Å². The van der Waals surface area contributed by atoms with E-state index < -0.39 is 48.7 Å². The van der Waals surface area contributed by atoms with Crippen LogP contribution in [0.25, 0.3) is 0 Å². The topological polar surface area (TPSA) is 116 Å². The van der Waals surface area contributed by atoms with Crippen molar-refractivity contribution in [3.63, 3.8) is 0 Å². The monoisotopic (exact) mass is 432 g/mol. The van der Waals surface area contributed by atoms with Crippen molar-refractivity contribution in [3.8, 4) is 0 Å². The van der Waals surface area contributed by atoms with E-state index in [2.05, 4.69) is 0 Å². The lowest BCUT2D eigenvalue weighted by Crippen LogP contribution is -2.57. The van der Waals surface area contributed by atoms with Crippen LogP contribution in [0, 0.1) is 0 Å². The molecular weight excluding hydrogens is 396 g/mol. The predicted molar refractivity (Wildman–Crippen MR) is 104 cm³/mol. The van der Waals surface area contributed by atoms with Crippen molar-refractivity contribution in [1.29, 1.82) is 0 Å². The zero-order valence-electron chi connectivity index (χ0n) is 18.3. The van der Waals surface area contributed by atoms with Crippen molar-refractivity contribution in [2.24, 2.45) is 0 Å². The largest absolute Gasteiger partial charge is 0.390 e. The van der Waals surface area contributed by atoms with Gasteiger partial charge in [0.25, 0.3) is 0 Å². The van der Waals surface area contributed by atoms with E-state index in [0.29, 0.717) is 12.8 Å². The molecule has 0 saturated carbocycles. The molecule has 0 radical (unpaired) electrons. The van der Waals surface area contributed by atoms with Gasteiger partial charge in [-0.2, -0.15) is 0 Å². The molecule has 0 amide bonds. The second kappa shape index (κ2) is 8.53. The van der Waals surface area contributed by atoms with Gasteiger partial charge in [0.1, 0.15) is 18.3 Å². The summed E-state index contributed by atoms with van der Waals surface area (Å²) in [4.78, 5) is 0. The molecular formula is C21H36O9. The molecule has 3 N–H and O–H groups in total. The molecule has 0 spiro atoms. The lowest BCUT2D eigenvalue weighted by molar-refractivity contribution is -0.300. The first-order valence-electron chi connectivity index (χ1n) is 11.1. The van der Waals surface area contributed by atoms with Crippen LogP contribution >= 0.6 is 0 Å². The average molecular weight is 433 g/mol. The molecule has 0 aromatic rings. The maximum atomic E-state index is 10.8. The number of aliphatic hydroxyl groups excluding tert-OH is 3. The summed E-state index contributed by atoms with van der Waals surface area (Å²) in [5, 5.41) is 30.6. The number of fused-ring (bicyclic) bond motifs is 1. The van der Waals surface area contributed by atoms with Gasteiger partial charge in [0.2, 0.25) is 0 Å². The van der Waals surface area contributed by atoms with Gasteiger partial charge in [-0.25, -0.2) is 0 Å². The number of ether oxygens (including phenoxy) is 6. The predicted octanol–water partition coefficient (Wildman–Crippen LogP) is 0.464. The Morgan fingerprint density at radius 1 is 0.733 bits per heavy atom. The molecule has 4 aliphatic rings. The third-order valence-electron chi connectivity index (χ3n) is 6.64. The van der Waals surface area contributed by atoms with Gasteiger partial charge in [0.05, 0.1) is 48.8 Å². The van der Waals surface area contributed by atoms with Crippen molar-refractivity contribution >= 4 is 0 Å². The number of hydrogen-bond acceptors (Lipinski definition) is 9. The fourth-order valence-corrected chi connectivity index (χ4v) is 5.14. The van der Waals surface area contributed by atoms with Crippen LogP contribution in [-0.2, 0) is 28.4 Å². The molecule has 0 aromatic heterocycles. The summed E-state index contributed by atoms with van der Waals surface area (Å²) in [5.74, 6) is -0.629. The second-order valence-corrected chi connectivity index (χ2v) is 9.60. The summed E-state index contributed by atoms with van der Waals surface area (Å²) < 4.78 is 36.0. The van der Waals surface area contributed by atoms with E-state index in [0.717, 1.165) is 0 Å². The molecule has 30 heavy (non-hydrogen) atoms. The van der Waals surface area contributed by atoms with Gasteiger partial charge < -0.3 is 43.7 Å². The van der Waals surface area contributed by atoms with Crippen LogP contribution in [0.1, 0.15) is 53.9 Å². The van der Waals surface area contributed by atoms with Gasteiger partial charge >= 0.3 is 0 Å². The summed E-state index contributed by atoms with van der Waals surface area (Å²) in [6.07, 6.45) is -4.54. The molecule has 4 saturated heterocycles. The van der Waals surface area contributed by atoms with Crippen LogP contribution in [0.2, 0.25) is 0 Å². The van der Waals surface area contributed by atoms with Gasteiger partial charge in [-0.05, 0) is 34.6 Å². The van der Waals surface area contributed by atoms with Crippen LogP contribution in [-0.4, -0.2) is 94.5 Å². The Bertz CT molecular complexity index is 577. The lowest BCUT2D eigenvalue weighted by atomic mass is 9.89. The lowest BCUT2D eigenvalue weighted by Gasteiger charge is -2.45. The summed E-state index contributed by atoms with van der Waals surface area (Å²) in [6, 6.07) is 0. The molecule has 6 unspecified atom stereocenters. The number of aliphatic hydroxyl groups is 3. The van der Waals surface area contributed by atoms with Crippen molar-refractivity contribution in [1.82, 2.24) is 0 Å². The highest BCUT2D eigenvalue weighted by Gasteiger charge is 2.52. The highest BCUT2D eigenvalue weighted by atomic mass is 16.8. The van der Waals surface area contributed by atoms with Crippen LogP contribution in [0.3, 0.4) is 0 Å². The Morgan fingerprint density at radius 3 is 2.07 bits per heavy atom. The zero-order chi connectivity index (χ0) is 21.8. The second-order valence-electron chi connectivity index (χ2n) is 9.60. The summed E-state index contributed by atoms with van der Waals surface area (Å²) in [5.41, 5.74) is 0. The van der Waals surface area contributed by atoms with E-state index in [1.54, 1.807) is 6.92 Å². The Balaban J connectivity index is 1.35. The SMILES string of the molecule is CC1O[C@H](OC2C(C)O[C@H]([C@H]3C[C@H]4OC(C)(C)OC4C(C)O3)C[C@H]2O)C[C@@H](O)C1O. The van der Waals surface area contributed by atoms with Crippen LogP contribution in [0.5, 0.6) is 0 Å². The molecule has 4 rings (SSSR count). The van der Waals surface area contributed by atoms with Crippen molar-refractivity contribution in [2.75, 3.05) is 0 Å². The van der Waals surface area contributed by atoms with Crippen LogP contribution < -0.4 is 0 Å². The maximum absolute atomic E-state index is 10.8. The molecule has 174 valence electrons. The first kappa shape index (κ1) is 22.8. The van der Waals surface area contributed by atoms with Gasteiger partial charge in [-0.15, -0.1) is 0 Å². The molecule has 9 nitrogen and oxygen atoms in total. The van der Waals surface area contributed by atoms with Crippen LogP contribution in [0.15, 0.2) is 0 Å². The van der Waals surface area contributed by atoms with E-state index in [9.17, 15) is 15.3 Å². The van der Waals surface area contributed by atoms with Crippen LogP contribution in [0.4, 0.5) is 0 Å². The quantitative estimate of drug-likeness (QED) is 0.585. The Hall–Kier alpha value is -0.360. The van der Waals surface area contributed by atoms with E-state index in [4.69, 9.17) is 28.4 Å². The Morgan fingerprint density at radius 2 is 1.40 bits per heavy atom. The minimum absolute atomic E-state index is 0.0659. The number of rotatable bonds is 3. The highest BCUT2D eigenvalue weighted by Crippen LogP contribution is 2.40. The highest BCUT2D eigenvalue weighted by molar-refractivity contribution is 4.97. The zero-order valence-corrected chi connectivity index (χ0v) is 18.3. The first-order chi connectivity index (χ1) is 14.0. The minimum Gasteiger partial charge on any atom is -0.390 e. The third kappa shape index (κ3) is 4.55. The fraction of sp³-hybridized carbons (Fsp3) is 1.00. The molecule has 4 fully saturated rings. The van der Waals surface area contributed by atoms with Gasteiger partial charge in [-0.3, -0.25) is 0 Å². The summed E-state index contributed by atoms with van der Waals surface area (Å²) >= 11 is 0. The molecule has 0 aromatic carbocycles. The average Bonchev–Trinajstić information content (AvgIpc) is 2.97. The molecule has 9 heteroatoms. The maximum Gasteiger partial charge on any atom is 0.163 e. The normalized spacial score (nSPS) is 54.0. The molecule has 0 aliphatic carbocycles. The van der Waals surface area contributed by atoms with Crippen molar-refractivity contribution in [3.05, 3.63) is 0 Å². The van der Waals surface area contributed by atoms with Gasteiger partial charge in [-0.1, -0.05) is 0 Å². The third-order valence-corrected chi connectivity index (χ3v) is 6.64. The first-order valence-corrected chi connectivity index (χ1v) is 11.1. The molecule has 4 aliphatic heterocycles. The van der Waals surface area contributed by atoms with E-state index >= 15 is 0 Å². The van der Waals surface area contributed by atoms with Crippen molar-refractivity contribution in [2.45, 2.75) is 133 Å². The van der Waals surface area contributed by atoms with E-state index in [1.165, 1.54) is 0 Å². The van der Waals surface area contributed by atoms with Gasteiger partial charge in [0, 0.05) is 19.3 Å². The van der Waals surface area contributed by atoms with E-state index in [1.807, 2.05) is 27.7 Å². The summed E-state index contributed by atoms with van der Waals surface area (Å²) in [6.45, 7) is 9.32. The molecule has 4 heterocycles. The number of hydrogen-bond donors (Lipinski definition) is 3. The standard InChI is InChI=1S/C21H36O9/c1-9-18(24)12(22)7-17(27-9)28-19-10(2)25-14(6-13(19)23)15-8-16-20(11(3)26-15)30-21(4,5)29-16/h9-20,22-24H,6-8H2,1-5H3/t9?,10?,11?,12-,13-,14+,15-,16-,17-,18?,19?,20?/m1/s1. The fourth-order valence-electron chi connectivity index (χ4n) is 5.14. The molecule has 12 atom stereocenters. The Kier molecular flexibility index (Phi) is 6.49. The van der Waals surface area contributed by atoms with E-state index in [-0.39, 0.29) is 36.9 Å². The molecule has 0 bridgehead atoms. The summed E-state index contributed by atoms with van der Waals surface area (Å²) in [7, 11) is 0. The minimum atomic E-state index is -0.944. The van der Waals surface area contributed by atoms with Gasteiger partial charge in [0.15, 0.2) is 12.1 Å².